The fourth-order valence-electron chi connectivity index (χ4n) is 0.339. The van der Waals surface area contributed by atoms with Crippen molar-refractivity contribution in [2.75, 3.05) is 0 Å². The third-order valence-electron chi connectivity index (χ3n) is 0.699. The van der Waals surface area contributed by atoms with Crippen LogP contribution >= 0.6 is 12.6 Å². The zero-order chi connectivity index (χ0) is 5.70. The predicted molar refractivity (Wildman–Crippen MR) is 36.2 cm³/mol. The van der Waals surface area contributed by atoms with Gasteiger partial charge in [-0.3, -0.25) is 0 Å². The first-order valence-corrected chi connectivity index (χ1v) is 2.85. The Morgan fingerprint density at radius 3 is 2.57 bits per heavy atom. The Morgan fingerprint density at radius 1 is 1.86 bits per heavy atom. The van der Waals surface area contributed by atoms with E-state index in [0.29, 0.717) is 0 Å². The zero-order valence-electron chi connectivity index (χ0n) is 4.52. The van der Waals surface area contributed by atoms with Gasteiger partial charge in [-0.1, -0.05) is 13.3 Å². The van der Waals surface area contributed by atoms with Crippen LogP contribution in [-0.4, -0.2) is 0 Å². The highest BCUT2D eigenvalue weighted by molar-refractivity contribution is 7.84. The van der Waals surface area contributed by atoms with Crippen LogP contribution in [0.15, 0.2) is 11.1 Å². The van der Waals surface area contributed by atoms with E-state index in [-0.39, 0.29) is 0 Å². The molecule has 0 aliphatic heterocycles. The summed E-state index contributed by atoms with van der Waals surface area (Å²) in [5, 5.41) is 0. The molecule has 0 rings (SSSR count). The monoisotopic (exact) mass is 117 g/mol. The third-order valence-corrected chi connectivity index (χ3v) is 1.07. The highest BCUT2D eigenvalue weighted by atomic mass is 32.1. The van der Waals surface area contributed by atoms with Gasteiger partial charge in [0.25, 0.3) is 0 Å². The van der Waals surface area contributed by atoms with Gasteiger partial charge in [0.05, 0.1) is 0 Å². The van der Waals surface area contributed by atoms with Crippen molar-refractivity contribution in [2.24, 2.45) is 5.73 Å². The molecule has 2 heteroatoms. The fourth-order valence-corrected chi connectivity index (χ4v) is 0.563. The second kappa shape index (κ2) is 4.06. The number of rotatable bonds is 2. The maximum absolute atomic E-state index is 5.12. The second-order valence-corrected chi connectivity index (χ2v) is 1.98. The SMILES string of the molecule is CCC/C(S)=C\N. The Morgan fingerprint density at radius 2 is 2.43 bits per heavy atom. The first-order valence-electron chi connectivity index (χ1n) is 2.41. The molecule has 0 aromatic heterocycles. The van der Waals surface area contributed by atoms with Gasteiger partial charge >= 0.3 is 0 Å². The van der Waals surface area contributed by atoms with Gasteiger partial charge in [-0.2, -0.15) is 0 Å². The number of hydrogen-bond acceptors (Lipinski definition) is 2. The average molecular weight is 117 g/mol. The van der Waals surface area contributed by atoms with E-state index >= 15 is 0 Å². The van der Waals surface area contributed by atoms with Crippen molar-refractivity contribution in [2.45, 2.75) is 19.8 Å². The molecule has 0 fully saturated rings. The van der Waals surface area contributed by atoms with Crippen molar-refractivity contribution in [3.63, 3.8) is 0 Å². The van der Waals surface area contributed by atoms with Crippen LogP contribution in [0.4, 0.5) is 0 Å². The number of allylic oxidation sites excluding steroid dienone is 1. The summed E-state index contributed by atoms with van der Waals surface area (Å²) in [6.45, 7) is 2.10. The largest absolute Gasteiger partial charge is 0.404 e. The molecule has 0 aliphatic carbocycles. The molecule has 0 radical (unpaired) electrons. The summed E-state index contributed by atoms with van der Waals surface area (Å²) in [6.07, 6.45) is 3.65. The maximum atomic E-state index is 5.12. The maximum Gasteiger partial charge on any atom is 0.00319 e. The van der Waals surface area contributed by atoms with E-state index in [0.717, 1.165) is 17.7 Å². The van der Waals surface area contributed by atoms with Crippen molar-refractivity contribution < 1.29 is 0 Å². The van der Waals surface area contributed by atoms with Crippen LogP contribution in [0.3, 0.4) is 0 Å². The van der Waals surface area contributed by atoms with E-state index in [1.54, 1.807) is 0 Å². The summed E-state index contributed by atoms with van der Waals surface area (Å²) >= 11 is 4.05. The smallest absolute Gasteiger partial charge is 0.00319 e. The highest BCUT2D eigenvalue weighted by Gasteiger charge is 1.81. The Balaban J connectivity index is 3.17. The lowest BCUT2D eigenvalue weighted by molar-refractivity contribution is 0.945. The van der Waals surface area contributed by atoms with Crippen molar-refractivity contribution >= 4 is 12.6 Å². The standard InChI is InChI=1S/C5H11NS/c1-2-3-5(7)4-6/h4,7H,2-3,6H2,1H3/b5-4+. The first-order chi connectivity index (χ1) is 3.31. The molecule has 0 bridgehead atoms. The summed E-state index contributed by atoms with van der Waals surface area (Å²) in [5.74, 6) is 0. The van der Waals surface area contributed by atoms with Crippen molar-refractivity contribution in [3.8, 4) is 0 Å². The molecular formula is C5H11NS. The lowest BCUT2D eigenvalue weighted by Gasteiger charge is -1.89. The second-order valence-electron chi connectivity index (χ2n) is 1.41. The summed E-state index contributed by atoms with van der Waals surface area (Å²) in [4.78, 5) is 0.975. The molecule has 0 amide bonds. The highest BCUT2D eigenvalue weighted by Crippen LogP contribution is 2.05. The van der Waals surface area contributed by atoms with Gasteiger partial charge in [-0.25, -0.2) is 0 Å². The number of nitrogens with two attached hydrogens (primary N) is 1. The average Bonchev–Trinajstić information content (AvgIpc) is 1.68. The summed E-state index contributed by atoms with van der Waals surface area (Å²) in [5.41, 5.74) is 5.12. The van der Waals surface area contributed by atoms with Gasteiger partial charge in [-0.05, 0) is 11.3 Å². The lowest BCUT2D eigenvalue weighted by atomic mass is 10.3. The normalized spacial score (nSPS) is 12.0. The lowest BCUT2D eigenvalue weighted by Crippen LogP contribution is -1.80. The molecule has 7 heavy (non-hydrogen) atoms. The fraction of sp³-hybridized carbons (Fsp3) is 0.600. The minimum Gasteiger partial charge on any atom is -0.404 e. The Kier molecular flexibility index (Phi) is 4.00. The number of thiol groups is 1. The van der Waals surface area contributed by atoms with Crippen LogP contribution in [0.1, 0.15) is 19.8 Å². The first kappa shape index (κ1) is 6.89. The van der Waals surface area contributed by atoms with Gasteiger partial charge in [-0.15, -0.1) is 12.6 Å². The van der Waals surface area contributed by atoms with Crippen LogP contribution in [0.25, 0.3) is 0 Å². The van der Waals surface area contributed by atoms with Gasteiger partial charge < -0.3 is 5.73 Å². The van der Waals surface area contributed by atoms with Crippen LogP contribution in [0.2, 0.25) is 0 Å². The van der Waals surface area contributed by atoms with Crippen LogP contribution in [0.5, 0.6) is 0 Å². The minimum atomic E-state index is 0.975. The van der Waals surface area contributed by atoms with E-state index in [9.17, 15) is 0 Å². The van der Waals surface area contributed by atoms with Crippen LogP contribution in [-0.2, 0) is 0 Å². The summed E-state index contributed by atoms with van der Waals surface area (Å²) in [7, 11) is 0. The van der Waals surface area contributed by atoms with Gasteiger partial charge in [0.2, 0.25) is 0 Å². The molecule has 0 atom stereocenters. The van der Waals surface area contributed by atoms with E-state index in [1.165, 1.54) is 6.20 Å². The molecule has 0 spiro atoms. The van der Waals surface area contributed by atoms with Gasteiger partial charge in [0, 0.05) is 6.20 Å². The Hall–Kier alpha value is -0.110. The molecule has 0 saturated carbocycles. The van der Waals surface area contributed by atoms with Gasteiger partial charge in [0.15, 0.2) is 0 Å². The molecule has 1 nitrogen and oxygen atoms in total. The Labute approximate surface area is 50.0 Å². The predicted octanol–water partition coefficient (Wildman–Crippen LogP) is 1.52. The topological polar surface area (TPSA) is 26.0 Å². The molecule has 0 aliphatic rings. The molecule has 0 saturated heterocycles. The molecule has 42 valence electrons. The number of hydrogen-bond donors (Lipinski definition) is 2. The van der Waals surface area contributed by atoms with Crippen LogP contribution in [0, 0.1) is 0 Å². The van der Waals surface area contributed by atoms with E-state index < -0.39 is 0 Å². The van der Waals surface area contributed by atoms with E-state index in [2.05, 4.69) is 19.6 Å². The van der Waals surface area contributed by atoms with Gasteiger partial charge in [0.1, 0.15) is 0 Å². The summed E-state index contributed by atoms with van der Waals surface area (Å²) in [6, 6.07) is 0. The van der Waals surface area contributed by atoms with Crippen molar-refractivity contribution in [3.05, 3.63) is 11.1 Å². The summed E-state index contributed by atoms with van der Waals surface area (Å²) < 4.78 is 0. The third kappa shape index (κ3) is 3.73. The van der Waals surface area contributed by atoms with Crippen LogP contribution < -0.4 is 5.73 Å². The minimum absolute atomic E-state index is 0.975. The van der Waals surface area contributed by atoms with Crippen molar-refractivity contribution in [1.82, 2.24) is 0 Å². The van der Waals surface area contributed by atoms with E-state index in [4.69, 9.17) is 5.73 Å². The zero-order valence-corrected chi connectivity index (χ0v) is 5.41. The molecular weight excluding hydrogens is 106 g/mol. The molecule has 2 N–H and O–H groups in total. The Bertz CT molecular complexity index is 68.5. The molecule has 0 aromatic rings. The van der Waals surface area contributed by atoms with Crippen molar-refractivity contribution in [1.29, 1.82) is 0 Å². The van der Waals surface area contributed by atoms with E-state index in [1.807, 2.05) is 0 Å². The quantitative estimate of drug-likeness (QED) is 0.527. The molecule has 0 heterocycles. The molecule has 0 aromatic carbocycles. The molecule has 0 unspecified atom stereocenters.